The number of fused-ring (bicyclic) bond motifs is 1. The summed E-state index contributed by atoms with van der Waals surface area (Å²) in [5.74, 6) is 0.351. The molecule has 0 N–H and O–H groups in total. The van der Waals surface area contributed by atoms with Crippen molar-refractivity contribution in [3.05, 3.63) is 59.7 Å². The number of ether oxygens (including phenoxy) is 3. The molecule has 0 saturated heterocycles. The maximum absolute atomic E-state index is 12.7. The van der Waals surface area contributed by atoms with Gasteiger partial charge in [0, 0.05) is 10.1 Å². The van der Waals surface area contributed by atoms with Gasteiger partial charge in [0.05, 0.1) is 12.2 Å². The maximum Gasteiger partial charge on any atom is 0.514 e. The van der Waals surface area contributed by atoms with Crippen LogP contribution in [-0.2, 0) is 17.5 Å². The smallest absolute Gasteiger partial charge is 0.483 e. The van der Waals surface area contributed by atoms with Crippen molar-refractivity contribution < 1.29 is 32.2 Å². The molecule has 1 heterocycles. The Labute approximate surface area is 157 Å². The first kappa shape index (κ1) is 19.0. The van der Waals surface area contributed by atoms with Crippen molar-refractivity contribution in [1.82, 2.24) is 0 Å². The van der Waals surface area contributed by atoms with Crippen LogP contribution in [0.15, 0.2) is 48.5 Å². The predicted molar refractivity (Wildman–Crippen MR) is 95.3 cm³/mol. The molecule has 3 rings (SSSR count). The van der Waals surface area contributed by atoms with E-state index in [-0.39, 0.29) is 18.3 Å². The average Bonchev–Trinajstić information content (AvgIpc) is 2.96. The molecule has 0 spiro atoms. The number of carbonyl (C=O) groups is 1. The van der Waals surface area contributed by atoms with Crippen LogP contribution >= 0.6 is 11.3 Å². The Morgan fingerprint density at radius 2 is 1.78 bits per heavy atom. The molecule has 0 bridgehead atoms. The zero-order chi connectivity index (χ0) is 19.4. The quantitative estimate of drug-likeness (QED) is 0.494. The maximum atomic E-state index is 12.7. The minimum absolute atomic E-state index is 0.0258. The minimum atomic E-state index is -4.39. The number of carbonyl (C=O) groups excluding carboxylic acids is 1. The molecule has 3 aromatic rings. The van der Waals surface area contributed by atoms with Gasteiger partial charge in [-0.05, 0) is 36.8 Å². The SMILES string of the molecule is CCOC(=O)Oc1sc2ccccc2c1OCc1ccc(C(F)(F)F)cc1. The highest BCUT2D eigenvalue weighted by molar-refractivity contribution is 7.21. The number of rotatable bonds is 5. The van der Waals surface area contributed by atoms with Crippen LogP contribution in [0.5, 0.6) is 10.8 Å². The zero-order valence-corrected chi connectivity index (χ0v) is 15.0. The van der Waals surface area contributed by atoms with E-state index in [1.807, 2.05) is 24.3 Å². The molecule has 0 radical (unpaired) electrons. The van der Waals surface area contributed by atoms with Gasteiger partial charge in [0.15, 0.2) is 5.75 Å². The normalized spacial score (nSPS) is 11.4. The Bertz CT molecular complexity index is 932. The lowest BCUT2D eigenvalue weighted by Gasteiger charge is -2.10. The topological polar surface area (TPSA) is 44.8 Å². The monoisotopic (exact) mass is 396 g/mol. The fourth-order valence-electron chi connectivity index (χ4n) is 2.37. The van der Waals surface area contributed by atoms with E-state index < -0.39 is 17.9 Å². The molecule has 0 aliphatic heterocycles. The second kappa shape index (κ2) is 7.87. The van der Waals surface area contributed by atoms with Gasteiger partial charge in [0.2, 0.25) is 5.06 Å². The molecule has 8 heteroatoms. The second-order valence-corrected chi connectivity index (χ2v) is 6.50. The average molecular weight is 396 g/mol. The molecular weight excluding hydrogens is 381 g/mol. The first-order chi connectivity index (χ1) is 12.9. The highest BCUT2D eigenvalue weighted by Crippen LogP contribution is 2.44. The summed E-state index contributed by atoms with van der Waals surface area (Å²) in [5, 5.41) is 0.982. The molecular formula is C19H15F3O4S. The molecule has 0 aliphatic rings. The predicted octanol–water partition coefficient (Wildman–Crippen LogP) is 6.03. The van der Waals surface area contributed by atoms with Crippen molar-refractivity contribution >= 4 is 27.6 Å². The Morgan fingerprint density at radius 1 is 1.07 bits per heavy atom. The van der Waals surface area contributed by atoms with Crippen molar-refractivity contribution in [2.75, 3.05) is 6.61 Å². The molecule has 1 aromatic heterocycles. The fraction of sp³-hybridized carbons (Fsp3) is 0.211. The standard InChI is InChI=1S/C19H15F3O4S/c1-2-24-18(23)26-17-16(14-5-3-4-6-15(14)27-17)25-11-12-7-9-13(10-8-12)19(20,21)22/h3-10H,2,11H2,1H3. The van der Waals surface area contributed by atoms with Crippen molar-refractivity contribution in [1.29, 1.82) is 0 Å². The summed E-state index contributed by atoms with van der Waals surface area (Å²) >= 11 is 1.22. The number of benzene rings is 2. The summed E-state index contributed by atoms with van der Waals surface area (Å²) in [6.07, 6.45) is -5.23. The molecule has 27 heavy (non-hydrogen) atoms. The van der Waals surface area contributed by atoms with E-state index in [1.165, 1.54) is 23.5 Å². The van der Waals surface area contributed by atoms with Crippen LogP contribution in [0.1, 0.15) is 18.1 Å². The van der Waals surface area contributed by atoms with E-state index in [4.69, 9.17) is 14.2 Å². The lowest BCUT2D eigenvalue weighted by Crippen LogP contribution is -2.10. The molecule has 0 atom stereocenters. The Hall–Kier alpha value is -2.74. The number of alkyl halides is 3. The molecule has 0 saturated carbocycles. The highest BCUT2D eigenvalue weighted by atomic mass is 32.1. The number of halogens is 3. The van der Waals surface area contributed by atoms with Gasteiger partial charge in [-0.15, -0.1) is 0 Å². The van der Waals surface area contributed by atoms with Gasteiger partial charge < -0.3 is 14.2 Å². The third-order valence-electron chi connectivity index (χ3n) is 3.62. The third kappa shape index (κ3) is 4.51. The van der Waals surface area contributed by atoms with Crippen LogP contribution < -0.4 is 9.47 Å². The van der Waals surface area contributed by atoms with Crippen molar-refractivity contribution in [2.24, 2.45) is 0 Å². The highest BCUT2D eigenvalue weighted by Gasteiger charge is 2.30. The minimum Gasteiger partial charge on any atom is -0.483 e. The van der Waals surface area contributed by atoms with Gasteiger partial charge in [-0.1, -0.05) is 35.6 Å². The molecule has 0 fully saturated rings. The molecule has 142 valence electrons. The molecule has 4 nitrogen and oxygen atoms in total. The Balaban J connectivity index is 1.82. The second-order valence-electron chi connectivity index (χ2n) is 5.48. The lowest BCUT2D eigenvalue weighted by atomic mass is 10.1. The first-order valence-corrected chi connectivity index (χ1v) is 8.85. The summed E-state index contributed by atoms with van der Waals surface area (Å²) in [6, 6.07) is 12.0. The van der Waals surface area contributed by atoms with Gasteiger partial charge in [-0.25, -0.2) is 4.79 Å². The largest absolute Gasteiger partial charge is 0.514 e. The van der Waals surface area contributed by atoms with E-state index in [9.17, 15) is 18.0 Å². The molecule has 2 aromatic carbocycles. The molecule has 0 aliphatic carbocycles. The van der Waals surface area contributed by atoms with E-state index in [0.717, 1.165) is 22.2 Å². The van der Waals surface area contributed by atoms with E-state index >= 15 is 0 Å². The van der Waals surface area contributed by atoms with Crippen LogP contribution in [-0.4, -0.2) is 12.8 Å². The van der Waals surface area contributed by atoms with Crippen LogP contribution in [0.3, 0.4) is 0 Å². The number of hydrogen-bond acceptors (Lipinski definition) is 5. The van der Waals surface area contributed by atoms with Gasteiger partial charge >= 0.3 is 12.3 Å². The summed E-state index contributed by atoms with van der Waals surface area (Å²) in [6.45, 7) is 1.86. The summed E-state index contributed by atoms with van der Waals surface area (Å²) < 4.78 is 54.6. The van der Waals surface area contributed by atoms with Gasteiger partial charge in [0.25, 0.3) is 0 Å². The van der Waals surface area contributed by atoms with Crippen molar-refractivity contribution in [3.8, 4) is 10.8 Å². The number of thiophene rings is 1. The van der Waals surface area contributed by atoms with Gasteiger partial charge in [-0.2, -0.15) is 13.2 Å². The van der Waals surface area contributed by atoms with Crippen LogP contribution in [0.4, 0.5) is 18.0 Å². The Morgan fingerprint density at radius 3 is 2.44 bits per heavy atom. The van der Waals surface area contributed by atoms with Crippen LogP contribution in [0.25, 0.3) is 10.1 Å². The molecule has 0 amide bonds. The van der Waals surface area contributed by atoms with E-state index in [0.29, 0.717) is 11.3 Å². The van der Waals surface area contributed by atoms with E-state index in [2.05, 4.69) is 0 Å². The first-order valence-electron chi connectivity index (χ1n) is 8.03. The van der Waals surface area contributed by atoms with Crippen molar-refractivity contribution in [3.63, 3.8) is 0 Å². The molecule has 0 unspecified atom stereocenters. The van der Waals surface area contributed by atoms with Gasteiger partial charge in [0.1, 0.15) is 6.61 Å². The van der Waals surface area contributed by atoms with Crippen molar-refractivity contribution in [2.45, 2.75) is 19.7 Å². The summed E-state index contributed by atoms with van der Waals surface area (Å²) in [5.41, 5.74) is -0.168. The third-order valence-corrected chi connectivity index (χ3v) is 4.65. The summed E-state index contributed by atoms with van der Waals surface area (Å²) in [7, 11) is 0. The van der Waals surface area contributed by atoms with Crippen LogP contribution in [0, 0.1) is 0 Å². The van der Waals surface area contributed by atoms with E-state index in [1.54, 1.807) is 6.92 Å². The Kier molecular flexibility index (Phi) is 5.55. The fourth-order valence-corrected chi connectivity index (χ4v) is 3.36. The zero-order valence-electron chi connectivity index (χ0n) is 14.2. The lowest BCUT2D eigenvalue weighted by molar-refractivity contribution is -0.137. The van der Waals surface area contributed by atoms with Gasteiger partial charge in [-0.3, -0.25) is 0 Å². The summed E-state index contributed by atoms with van der Waals surface area (Å²) in [4.78, 5) is 11.6. The van der Waals surface area contributed by atoms with Crippen LogP contribution in [0.2, 0.25) is 0 Å². The number of hydrogen-bond donors (Lipinski definition) is 0.